The summed E-state index contributed by atoms with van der Waals surface area (Å²) >= 11 is 0. The first kappa shape index (κ1) is 18.5. The second-order valence-corrected chi connectivity index (χ2v) is 6.03. The van der Waals surface area contributed by atoms with Crippen LogP contribution in [0, 0.1) is 5.82 Å². The van der Waals surface area contributed by atoms with Crippen LogP contribution in [0.15, 0.2) is 60.9 Å². The fourth-order valence-corrected chi connectivity index (χ4v) is 2.69. The number of para-hydroxylation sites is 1. The van der Waals surface area contributed by atoms with E-state index in [1.165, 1.54) is 18.5 Å². The fraction of sp³-hybridized carbons (Fsp3) is 0.190. The van der Waals surface area contributed by atoms with Gasteiger partial charge in [-0.25, -0.2) is 14.4 Å². The topological polar surface area (TPSA) is 66.9 Å². The van der Waals surface area contributed by atoms with Crippen molar-refractivity contribution < 1.29 is 9.18 Å². The van der Waals surface area contributed by atoms with Crippen LogP contribution in [0.3, 0.4) is 0 Å². The predicted molar refractivity (Wildman–Crippen MR) is 104 cm³/mol. The van der Waals surface area contributed by atoms with Crippen molar-refractivity contribution in [2.45, 2.75) is 19.8 Å². The lowest BCUT2D eigenvalue weighted by atomic mass is 10.1. The molecule has 0 atom stereocenters. The van der Waals surface area contributed by atoms with Crippen LogP contribution in [0.4, 0.5) is 16.0 Å². The number of benzene rings is 2. The molecule has 1 amide bonds. The highest BCUT2D eigenvalue weighted by atomic mass is 19.1. The Bertz CT molecular complexity index is 912. The highest BCUT2D eigenvalue weighted by Crippen LogP contribution is 2.18. The number of carbonyl (C=O) groups excluding carboxylic acids is 1. The third-order valence-corrected chi connectivity index (χ3v) is 4.20. The number of carbonyl (C=O) groups is 1. The van der Waals surface area contributed by atoms with E-state index in [9.17, 15) is 9.18 Å². The second-order valence-electron chi connectivity index (χ2n) is 6.03. The summed E-state index contributed by atoms with van der Waals surface area (Å²) in [6.45, 7) is 2.42. The molecule has 1 aromatic heterocycles. The van der Waals surface area contributed by atoms with Gasteiger partial charge in [0.1, 0.15) is 5.82 Å². The average molecular weight is 364 g/mol. The first-order valence-electron chi connectivity index (χ1n) is 8.86. The Morgan fingerprint density at radius 3 is 2.37 bits per heavy atom. The molecule has 0 saturated heterocycles. The van der Waals surface area contributed by atoms with E-state index in [4.69, 9.17) is 0 Å². The first-order chi connectivity index (χ1) is 13.2. The molecule has 5 nitrogen and oxygen atoms in total. The maximum absolute atomic E-state index is 13.6. The summed E-state index contributed by atoms with van der Waals surface area (Å²) in [6, 6.07) is 14.5. The minimum absolute atomic E-state index is 0.266. The van der Waals surface area contributed by atoms with Gasteiger partial charge < -0.3 is 10.6 Å². The zero-order valence-corrected chi connectivity index (χ0v) is 15.1. The smallest absolute Gasteiger partial charge is 0.254 e. The number of aromatic nitrogens is 2. The Labute approximate surface area is 157 Å². The van der Waals surface area contributed by atoms with E-state index >= 15 is 0 Å². The summed E-state index contributed by atoms with van der Waals surface area (Å²) in [7, 11) is 0. The normalized spacial score (nSPS) is 10.4. The zero-order chi connectivity index (χ0) is 19.1. The Balaban J connectivity index is 1.56. The number of hydrogen-bond acceptors (Lipinski definition) is 4. The van der Waals surface area contributed by atoms with E-state index in [2.05, 4.69) is 27.5 Å². The molecule has 0 radical (unpaired) electrons. The molecular weight excluding hydrogens is 343 g/mol. The van der Waals surface area contributed by atoms with Crippen molar-refractivity contribution in [3.8, 4) is 0 Å². The minimum atomic E-state index is -0.285. The molecule has 0 aliphatic rings. The molecule has 0 spiro atoms. The van der Waals surface area contributed by atoms with Crippen LogP contribution in [0.2, 0.25) is 0 Å². The lowest BCUT2D eigenvalue weighted by Gasteiger charge is -2.10. The van der Waals surface area contributed by atoms with Crippen LogP contribution < -0.4 is 10.6 Å². The van der Waals surface area contributed by atoms with E-state index in [1.54, 1.807) is 18.2 Å². The summed E-state index contributed by atoms with van der Waals surface area (Å²) in [5, 5.41) is 5.92. The van der Waals surface area contributed by atoms with Gasteiger partial charge in [0.15, 0.2) is 0 Å². The van der Waals surface area contributed by atoms with Gasteiger partial charge in [0, 0.05) is 24.6 Å². The van der Waals surface area contributed by atoms with Gasteiger partial charge in [-0.15, -0.1) is 0 Å². The van der Waals surface area contributed by atoms with Gasteiger partial charge >= 0.3 is 0 Å². The van der Waals surface area contributed by atoms with Gasteiger partial charge in [0.05, 0.1) is 5.56 Å². The number of rotatable bonds is 7. The third kappa shape index (κ3) is 4.88. The van der Waals surface area contributed by atoms with E-state index < -0.39 is 0 Å². The fourth-order valence-electron chi connectivity index (χ4n) is 2.69. The van der Waals surface area contributed by atoms with Gasteiger partial charge in [-0.3, -0.25) is 4.79 Å². The van der Waals surface area contributed by atoms with Crippen LogP contribution in [-0.2, 0) is 12.8 Å². The SMILES string of the molecule is CCc1ccccc1Nc1ncc(C(=O)NCCc2ccccc2F)cn1. The number of nitrogens with zero attached hydrogens (tertiary/aromatic N) is 2. The Morgan fingerprint density at radius 2 is 1.67 bits per heavy atom. The lowest BCUT2D eigenvalue weighted by Crippen LogP contribution is -2.26. The molecule has 0 aliphatic carbocycles. The van der Waals surface area contributed by atoms with E-state index in [0.29, 0.717) is 30.0 Å². The molecule has 27 heavy (non-hydrogen) atoms. The summed E-state index contributed by atoms with van der Waals surface area (Å²) in [6.07, 6.45) is 4.27. The average Bonchev–Trinajstić information content (AvgIpc) is 2.70. The van der Waals surface area contributed by atoms with Gasteiger partial charge in [-0.05, 0) is 36.1 Å². The molecule has 0 aliphatic heterocycles. The minimum Gasteiger partial charge on any atom is -0.352 e. The van der Waals surface area contributed by atoms with Gasteiger partial charge in [-0.1, -0.05) is 43.3 Å². The quantitative estimate of drug-likeness (QED) is 0.667. The first-order valence-corrected chi connectivity index (χ1v) is 8.86. The van der Waals surface area contributed by atoms with Gasteiger partial charge in [0.25, 0.3) is 5.91 Å². The molecule has 0 saturated carbocycles. The number of aryl methyl sites for hydroxylation is 1. The molecule has 3 aromatic rings. The van der Waals surface area contributed by atoms with Crippen molar-refractivity contribution in [3.05, 3.63) is 83.4 Å². The lowest BCUT2D eigenvalue weighted by molar-refractivity contribution is 0.0953. The van der Waals surface area contributed by atoms with Crippen LogP contribution in [0.25, 0.3) is 0 Å². The van der Waals surface area contributed by atoms with Crippen LogP contribution in [-0.4, -0.2) is 22.4 Å². The summed E-state index contributed by atoms with van der Waals surface area (Å²) in [5.74, 6) is -0.122. The molecule has 2 aromatic carbocycles. The maximum Gasteiger partial charge on any atom is 0.254 e. The van der Waals surface area contributed by atoms with E-state index in [0.717, 1.165) is 17.7 Å². The molecule has 2 N–H and O–H groups in total. The van der Waals surface area contributed by atoms with Crippen molar-refractivity contribution in [2.24, 2.45) is 0 Å². The van der Waals surface area contributed by atoms with E-state index in [-0.39, 0.29) is 11.7 Å². The van der Waals surface area contributed by atoms with Crippen LogP contribution in [0.1, 0.15) is 28.4 Å². The highest BCUT2D eigenvalue weighted by molar-refractivity contribution is 5.93. The standard InChI is InChI=1S/C21H21FN4O/c1-2-15-7-4-6-10-19(15)26-21-24-13-17(14-25-21)20(27)23-12-11-16-8-3-5-9-18(16)22/h3-10,13-14H,2,11-12H2,1H3,(H,23,27)(H,24,25,26). The van der Waals surface area contributed by atoms with Crippen molar-refractivity contribution in [1.82, 2.24) is 15.3 Å². The molecule has 3 rings (SSSR count). The molecule has 0 unspecified atom stereocenters. The van der Waals surface area contributed by atoms with Crippen molar-refractivity contribution in [1.29, 1.82) is 0 Å². The molecule has 138 valence electrons. The molecular formula is C21H21FN4O. The number of hydrogen-bond donors (Lipinski definition) is 2. The number of anilines is 2. The third-order valence-electron chi connectivity index (χ3n) is 4.20. The Hall–Kier alpha value is -3.28. The molecule has 0 fully saturated rings. The zero-order valence-electron chi connectivity index (χ0n) is 15.1. The van der Waals surface area contributed by atoms with Crippen molar-refractivity contribution >= 4 is 17.5 Å². The number of halogens is 1. The van der Waals surface area contributed by atoms with E-state index in [1.807, 2.05) is 24.3 Å². The van der Waals surface area contributed by atoms with Crippen LogP contribution >= 0.6 is 0 Å². The Morgan fingerprint density at radius 1 is 1.00 bits per heavy atom. The van der Waals surface area contributed by atoms with Crippen molar-refractivity contribution in [3.63, 3.8) is 0 Å². The highest BCUT2D eigenvalue weighted by Gasteiger charge is 2.08. The number of amides is 1. The summed E-state index contributed by atoms with van der Waals surface area (Å²) in [4.78, 5) is 20.6. The van der Waals surface area contributed by atoms with Crippen LogP contribution in [0.5, 0.6) is 0 Å². The second kappa shape index (κ2) is 8.89. The molecule has 6 heteroatoms. The van der Waals surface area contributed by atoms with Crippen molar-refractivity contribution in [2.75, 3.05) is 11.9 Å². The number of nitrogens with one attached hydrogen (secondary N) is 2. The van der Waals surface area contributed by atoms with Gasteiger partial charge in [0.2, 0.25) is 5.95 Å². The summed E-state index contributed by atoms with van der Waals surface area (Å²) in [5.41, 5.74) is 3.04. The predicted octanol–water partition coefficient (Wildman–Crippen LogP) is 3.89. The molecule has 0 bridgehead atoms. The largest absolute Gasteiger partial charge is 0.352 e. The monoisotopic (exact) mass is 364 g/mol. The van der Waals surface area contributed by atoms with Gasteiger partial charge in [-0.2, -0.15) is 0 Å². The maximum atomic E-state index is 13.6. The molecule has 1 heterocycles. The summed E-state index contributed by atoms with van der Waals surface area (Å²) < 4.78 is 13.6. The Kier molecular flexibility index (Phi) is 6.10.